The number of nitrogens with two attached hydrogens (primary N) is 1. The number of carbonyl (C=O) groups is 2. The van der Waals surface area contributed by atoms with E-state index in [-0.39, 0.29) is 11.3 Å². The molecule has 8 heteroatoms. The molecule has 0 saturated heterocycles. The number of rotatable bonds is 5. The highest BCUT2D eigenvalue weighted by Gasteiger charge is 2.17. The van der Waals surface area contributed by atoms with Crippen molar-refractivity contribution >= 4 is 28.4 Å². The monoisotopic (exact) mass is 410 g/mol. The molecule has 0 atom stereocenters. The summed E-state index contributed by atoms with van der Waals surface area (Å²) in [6, 6.07) is 17.7. The van der Waals surface area contributed by atoms with Gasteiger partial charge in [-0.1, -0.05) is 30.3 Å². The number of primary amides is 1. The molecule has 0 saturated carbocycles. The van der Waals surface area contributed by atoms with Gasteiger partial charge in [-0.3, -0.25) is 14.3 Å². The number of benzene rings is 2. The number of aromatic nitrogens is 3. The minimum Gasteiger partial charge on any atom is -0.366 e. The summed E-state index contributed by atoms with van der Waals surface area (Å²) in [6.07, 6.45) is 1.56. The molecule has 2 aromatic heterocycles. The Labute approximate surface area is 177 Å². The van der Waals surface area contributed by atoms with Crippen LogP contribution in [0.5, 0.6) is 0 Å². The Kier molecular flexibility index (Phi) is 5.16. The molecule has 0 fully saturated rings. The molecule has 0 aliphatic rings. The standard InChI is InChI=1S/C23H18N6O2/c1-14-21(12-26-29(14)13-16-8-6-15(11-24)7-9-16)28-23(31)20-10-18(22(25)30)17-4-2-3-5-19(17)27-20/h2-10,12H,13H2,1H3,(H2,25,30)(H,28,31). The van der Waals surface area contributed by atoms with Crippen molar-refractivity contribution < 1.29 is 9.59 Å². The van der Waals surface area contributed by atoms with Gasteiger partial charge in [0, 0.05) is 5.39 Å². The number of pyridine rings is 1. The average Bonchev–Trinajstić information content (AvgIpc) is 3.12. The van der Waals surface area contributed by atoms with E-state index >= 15 is 0 Å². The van der Waals surface area contributed by atoms with Crippen LogP contribution in [0.2, 0.25) is 0 Å². The van der Waals surface area contributed by atoms with Crippen LogP contribution in [-0.4, -0.2) is 26.6 Å². The van der Waals surface area contributed by atoms with Gasteiger partial charge in [0.05, 0.1) is 46.8 Å². The number of nitrogens with one attached hydrogen (secondary N) is 1. The van der Waals surface area contributed by atoms with Crippen LogP contribution in [0, 0.1) is 18.3 Å². The van der Waals surface area contributed by atoms with Gasteiger partial charge in [-0.05, 0) is 36.8 Å². The predicted molar refractivity (Wildman–Crippen MR) is 115 cm³/mol. The zero-order valence-corrected chi connectivity index (χ0v) is 16.7. The van der Waals surface area contributed by atoms with E-state index in [1.54, 1.807) is 47.3 Å². The summed E-state index contributed by atoms with van der Waals surface area (Å²) in [5.74, 6) is -1.09. The van der Waals surface area contributed by atoms with Gasteiger partial charge in [0.25, 0.3) is 5.91 Å². The lowest BCUT2D eigenvalue weighted by Crippen LogP contribution is -2.18. The van der Waals surface area contributed by atoms with Crippen LogP contribution in [0.4, 0.5) is 5.69 Å². The van der Waals surface area contributed by atoms with Crippen molar-refractivity contribution in [2.75, 3.05) is 5.32 Å². The topological polar surface area (TPSA) is 127 Å². The van der Waals surface area contributed by atoms with Crippen molar-refractivity contribution in [1.82, 2.24) is 14.8 Å². The highest BCUT2D eigenvalue weighted by molar-refractivity contribution is 6.10. The van der Waals surface area contributed by atoms with Gasteiger partial charge in [0.1, 0.15) is 5.69 Å². The summed E-state index contributed by atoms with van der Waals surface area (Å²) in [6.45, 7) is 2.34. The number of anilines is 1. The van der Waals surface area contributed by atoms with Crippen molar-refractivity contribution in [2.24, 2.45) is 5.73 Å². The van der Waals surface area contributed by atoms with E-state index in [0.29, 0.717) is 28.7 Å². The summed E-state index contributed by atoms with van der Waals surface area (Å²) < 4.78 is 1.75. The lowest BCUT2D eigenvalue weighted by atomic mass is 10.1. The fraction of sp³-hybridized carbons (Fsp3) is 0.0870. The Morgan fingerprint density at radius 2 is 1.90 bits per heavy atom. The summed E-state index contributed by atoms with van der Waals surface area (Å²) in [4.78, 5) is 29.0. The first-order valence-corrected chi connectivity index (χ1v) is 9.48. The number of carbonyl (C=O) groups excluding carboxylic acids is 2. The predicted octanol–water partition coefficient (Wildman–Crippen LogP) is 3.01. The zero-order chi connectivity index (χ0) is 22.0. The molecule has 0 radical (unpaired) electrons. The fourth-order valence-electron chi connectivity index (χ4n) is 3.27. The van der Waals surface area contributed by atoms with Crippen LogP contribution >= 0.6 is 0 Å². The molecular weight excluding hydrogens is 392 g/mol. The third-order valence-corrected chi connectivity index (χ3v) is 4.98. The largest absolute Gasteiger partial charge is 0.366 e. The molecule has 0 aliphatic carbocycles. The molecule has 0 bridgehead atoms. The highest BCUT2D eigenvalue weighted by Crippen LogP contribution is 2.20. The van der Waals surface area contributed by atoms with Crippen molar-refractivity contribution in [2.45, 2.75) is 13.5 Å². The van der Waals surface area contributed by atoms with Crippen LogP contribution in [0.25, 0.3) is 10.9 Å². The molecule has 31 heavy (non-hydrogen) atoms. The van der Waals surface area contributed by atoms with E-state index in [1.807, 2.05) is 19.1 Å². The number of para-hydroxylation sites is 1. The zero-order valence-electron chi connectivity index (χ0n) is 16.7. The Balaban J connectivity index is 1.58. The minimum atomic E-state index is -0.626. The second-order valence-electron chi connectivity index (χ2n) is 7.00. The van der Waals surface area contributed by atoms with Crippen LogP contribution in [0.15, 0.2) is 60.8 Å². The second kappa shape index (κ2) is 8.08. The van der Waals surface area contributed by atoms with Gasteiger partial charge >= 0.3 is 0 Å². The summed E-state index contributed by atoms with van der Waals surface area (Å²) in [5, 5.41) is 16.6. The van der Waals surface area contributed by atoms with Gasteiger partial charge < -0.3 is 11.1 Å². The number of nitrogens with zero attached hydrogens (tertiary/aromatic N) is 4. The molecule has 4 rings (SSSR count). The molecule has 152 valence electrons. The molecule has 0 unspecified atom stereocenters. The first kappa shape index (κ1) is 19.8. The molecule has 2 amide bonds. The van der Waals surface area contributed by atoms with E-state index in [0.717, 1.165) is 11.3 Å². The Bertz CT molecular complexity index is 1350. The van der Waals surface area contributed by atoms with Crippen molar-refractivity contribution in [3.05, 3.63) is 88.9 Å². The first-order chi connectivity index (χ1) is 15.0. The summed E-state index contributed by atoms with van der Waals surface area (Å²) >= 11 is 0. The molecule has 4 aromatic rings. The normalized spacial score (nSPS) is 10.6. The third-order valence-electron chi connectivity index (χ3n) is 4.98. The fourth-order valence-corrected chi connectivity index (χ4v) is 3.27. The Hall–Kier alpha value is -4.51. The van der Waals surface area contributed by atoms with Gasteiger partial charge in [-0.25, -0.2) is 4.98 Å². The minimum absolute atomic E-state index is 0.0896. The third kappa shape index (κ3) is 3.97. The average molecular weight is 410 g/mol. The molecule has 3 N–H and O–H groups in total. The molecular formula is C23H18N6O2. The number of hydrogen-bond acceptors (Lipinski definition) is 5. The van der Waals surface area contributed by atoms with Crippen LogP contribution in [0.3, 0.4) is 0 Å². The first-order valence-electron chi connectivity index (χ1n) is 9.48. The Morgan fingerprint density at radius 1 is 1.16 bits per heavy atom. The molecule has 8 nitrogen and oxygen atoms in total. The molecule has 2 aromatic carbocycles. The number of amides is 2. The smallest absolute Gasteiger partial charge is 0.274 e. The van der Waals surface area contributed by atoms with E-state index in [2.05, 4.69) is 21.5 Å². The summed E-state index contributed by atoms with van der Waals surface area (Å²) in [7, 11) is 0. The molecule has 0 aliphatic heterocycles. The van der Waals surface area contributed by atoms with E-state index in [9.17, 15) is 9.59 Å². The lowest BCUT2D eigenvalue weighted by Gasteiger charge is -2.09. The maximum Gasteiger partial charge on any atom is 0.274 e. The van der Waals surface area contributed by atoms with E-state index in [4.69, 9.17) is 11.0 Å². The number of fused-ring (bicyclic) bond motifs is 1. The maximum absolute atomic E-state index is 12.8. The SMILES string of the molecule is Cc1c(NC(=O)c2cc(C(N)=O)c3ccccc3n2)cnn1Cc1ccc(C#N)cc1. The van der Waals surface area contributed by atoms with Crippen LogP contribution < -0.4 is 11.1 Å². The van der Waals surface area contributed by atoms with Crippen molar-refractivity contribution in [3.63, 3.8) is 0 Å². The quantitative estimate of drug-likeness (QED) is 0.523. The van der Waals surface area contributed by atoms with E-state index < -0.39 is 11.8 Å². The van der Waals surface area contributed by atoms with Gasteiger partial charge in [0.15, 0.2) is 0 Å². The summed E-state index contributed by atoms with van der Waals surface area (Å²) in [5.41, 5.74) is 9.19. The van der Waals surface area contributed by atoms with Gasteiger partial charge in [-0.2, -0.15) is 10.4 Å². The highest BCUT2D eigenvalue weighted by atomic mass is 16.2. The molecule has 0 spiro atoms. The maximum atomic E-state index is 12.8. The van der Waals surface area contributed by atoms with Crippen LogP contribution in [0.1, 0.15) is 37.7 Å². The Morgan fingerprint density at radius 3 is 2.61 bits per heavy atom. The van der Waals surface area contributed by atoms with Gasteiger partial charge in [-0.15, -0.1) is 0 Å². The van der Waals surface area contributed by atoms with Crippen molar-refractivity contribution in [1.29, 1.82) is 5.26 Å². The number of nitriles is 1. The molecule has 2 heterocycles. The van der Waals surface area contributed by atoms with Crippen molar-refractivity contribution in [3.8, 4) is 6.07 Å². The number of hydrogen-bond donors (Lipinski definition) is 2. The second-order valence-corrected chi connectivity index (χ2v) is 7.00. The van der Waals surface area contributed by atoms with Gasteiger partial charge in [0.2, 0.25) is 5.91 Å². The van der Waals surface area contributed by atoms with E-state index in [1.165, 1.54) is 6.07 Å². The van der Waals surface area contributed by atoms with Crippen LogP contribution in [-0.2, 0) is 6.54 Å². The lowest BCUT2D eigenvalue weighted by molar-refractivity contribution is 0.100.